The van der Waals surface area contributed by atoms with E-state index in [0.29, 0.717) is 0 Å². The van der Waals surface area contributed by atoms with Crippen molar-refractivity contribution < 1.29 is 38.5 Å². The molecule has 1 saturated heterocycles. The molecular formula is C25H24N4O8. The van der Waals surface area contributed by atoms with Crippen LogP contribution in [0.2, 0.25) is 0 Å². The summed E-state index contributed by atoms with van der Waals surface area (Å²) in [7, 11) is 0. The molecule has 3 rings (SSSR count). The summed E-state index contributed by atoms with van der Waals surface area (Å²) in [5.74, 6) is -2.71. The van der Waals surface area contributed by atoms with Gasteiger partial charge < -0.3 is 19.3 Å². The molecule has 1 aliphatic heterocycles. The van der Waals surface area contributed by atoms with E-state index in [1.807, 2.05) is 0 Å². The van der Waals surface area contributed by atoms with Gasteiger partial charge in [0.25, 0.3) is 0 Å². The number of azide groups is 1. The van der Waals surface area contributed by atoms with Gasteiger partial charge in [0.2, 0.25) is 11.6 Å². The number of esters is 2. The maximum atomic E-state index is 12.8. The first-order valence-electron chi connectivity index (χ1n) is 11.1. The lowest BCUT2D eigenvalue weighted by molar-refractivity contribution is -0.157. The molecule has 37 heavy (non-hydrogen) atoms. The van der Waals surface area contributed by atoms with Gasteiger partial charge in [-0.15, -0.1) is 0 Å². The van der Waals surface area contributed by atoms with Crippen LogP contribution < -0.4 is 0 Å². The fourth-order valence-corrected chi connectivity index (χ4v) is 3.55. The van der Waals surface area contributed by atoms with Gasteiger partial charge in [-0.3, -0.25) is 14.5 Å². The van der Waals surface area contributed by atoms with Crippen LogP contribution in [0.3, 0.4) is 0 Å². The second-order valence-electron chi connectivity index (χ2n) is 8.02. The van der Waals surface area contributed by atoms with Gasteiger partial charge in [-0.05, 0) is 42.8 Å². The summed E-state index contributed by atoms with van der Waals surface area (Å²) in [6.45, 7) is 1.63. The Kier molecular flexibility index (Phi) is 8.75. The van der Waals surface area contributed by atoms with E-state index in [2.05, 4.69) is 10.0 Å². The summed E-state index contributed by atoms with van der Waals surface area (Å²) in [5.41, 5.74) is 7.28. The second kappa shape index (κ2) is 12.0. The first kappa shape index (κ1) is 27.1. The number of benzene rings is 2. The van der Waals surface area contributed by atoms with Crippen molar-refractivity contribution in [2.75, 3.05) is 6.61 Å². The van der Waals surface area contributed by atoms with Crippen molar-refractivity contribution in [2.24, 2.45) is 5.11 Å². The minimum absolute atomic E-state index is 0.138. The Morgan fingerprint density at radius 1 is 1.05 bits per heavy atom. The highest BCUT2D eigenvalue weighted by atomic mass is 16.6. The molecule has 0 saturated carbocycles. The molecule has 0 aromatic heterocycles. The third-order valence-corrected chi connectivity index (χ3v) is 5.37. The molecule has 192 valence electrons. The number of allylic oxidation sites excluding steroid dienone is 1. The molecule has 1 amide bonds. The molecule has 2 aromatic carbocycles. The van der Waals surface area contributed by atoms with Gasteiger partial charge >= 0.3 is 11.9 Å². The predicted octanol–water partition coefficient (Wildman–Crippen LogP) is 2.74. The van der Waals surface area contributed by atoms with Crippen molar-refractivity contribution in [3.8, 4) is 0 Å². The zero-order valence-corrected chi connectivity index (χ0v) is 20.0. The van der Waals surface area contributed by atoms with Crippen molar-refractivity contribution in [1.29, 1.82) is 0 Å². The number of nitrogens with zero attached hydrogens (tertiary/aromatic N) is 4. The molecule has 0 bridgehead atoms. The fraction of sp³-hybridized carbons (Fsp3) is 0.280. The zero-order chi connectivity index (χ0) is 27.0. The van der Waals surface area contributed by atoms with E-state index in [-0.39, 0.29) is 11.1 Å². The van der Waals surface area contributed by atoms with Gasteiger partial charge in [-0.25, -0.2) is 9.59 Å². The maximum absolute atomic E-state index is 12.8. The number of rotatable bonds is 9. The molecule has 0 aliphatic carbocycles. The second-order valence-corrected chi connectivity index (χ2v) is 8.02. The minimum Gasteiger partial charge on any atom is -0.459 e. The molecule has 1 heterocycles. The molecular weight excluding hydrogens is 484 g/mol. The van der Waals surface area contributed by atoms with Crippen LogP contribution in [-0.2, 0) is 23.8 Å². The summed E-state index contributed by atoms with van der Waals surface area (Å²) in [5, 5.41) is 14.7. The minimum atomic E-state index is -2.27. The Bertz CT molecular complexity index is 1230. The predicted molar refractivity (Wildman–Crippen MR) is 127 cm³/mol. The molecule has 1 unspecified atom stereocenters. The number of hydrogen-bond acceptors (Lipinski definition) is 9. The Labute approximate surface area is 211 Å². The molecule has 0 radical (unpaired) electrons. The fourth-order valence-electron chi connectivity index (χ4n) is 3.55. The number of ketones is 1. The van der Waals surface area contributed by atoms with Crippen LogP contribution in [0.25, 0.3) is 10.4 Å². The van der Waals surface area contributed by atoms with Crippen molar-refractivity contribution in [3.05, 3.63) is 94.5 Å². The van der Waals surface area contributed by atoms with E-state index in [1.165, 1.54) is 31.2 Å². The summed E-state index contributed by atoms with van der Waals surface area (Å²) in [6.07, 6.45) is -2.87. The van der Waals surface area contributed by atoms with E-state index >= 15 is 0 Å². The van der Waals surface area contributed by atoms with E-state index in [0.717, 1.165) is 24.1 Å². The topological polar surface area (TPSA) is 168 Å². The Morgan fingerprint density at radius 3 is 2.14 bits per heavy atom. The standard InChI is InChI=1S/C25H24N4O8/c1-16(30)13-14-29(17(2)31)22-20(36-24(34)19-11-7-4-8-12-19)21(32)25(37-22,27-28-26)15-35-23(33)18-9-5-3-6-10-18/h3-14,20-22,32H,15H2,1-2H3/b14-13-/t20?,21-,22+,25+/m0/s1. The smallest absolute Gasteiger partial charge is 0.338 e. The van der Waals surface area contributed by atoms with Crippen LogP contribution in [0.4, 0.5) is 0 Å². The quantitative estimate of drug-likeness (QED) is 0.177. The van der Waals surface area contributed by atoms with Crippen LogP contribution in [0.5, 0.6) is 0 Å². The van der Waals surface area contributed by atoms with Crippen LogP contribution in [0.15, 0.2) is 78.1 Å². The van der Waals surface area contributed by atoms with Gasteiger partial charge in [0.15, 0.2) is 18.1 Å². The Balaban J connectivity index is 1.98. The number of aliphatic hydroxyl groups excluding tert-OH is 1. The molecule has 12 heteroatoms. The highest BCUT2D eigenvalue weighted by Gasteiger charge is 2.59. The van der Waals surface area contributed by atoms with Crippen molar-refractivity contribution >= 4 is 23.6 Å². The monoisotopic (exact) mass is 508 g/mol. The van der Waals surface area contributed by atoms with Crippen LogP contribution >= 0.6 is 0 Å². The van der Waals surface area contributed by atoms with E-state index in [1.54, 1.807) is 36.4 Å². The largest absolute Gasteiger partial charge is 0.459 e. The SMILES string of the molecule is CC(=O)/C=C\N(C(C)=O)[C@@H]1O[C@@](COC(=O)c2ccccc2)(N=[N+]=[N-])[C@@H](O)C1OC(=O)c1ccccc1. The van der Waals surface area contributed by atoms with Crippen LogP contribution in [-0.4, -0.2) is 64.4 Å². The summed E-state index contributed by atoms with van der Waals surface area (Å²) < 4.78 is 16.6. The highest BCUT2D eigenvalue weighted by Crippen LogP contribution is 2.37. The summed E-state index contributed by atoms with van der Waals surface area (Å²) in [4.78, 5) is 52.9. The maximum Gasteiger partial charge on any atom is 0.338 e. The Morgan fingerprint density at radius 2 is 1.62 bits per heavy atom. The number of ether oxygens (including phenoxy) is 3. The van der Waals surface area contributed by atoms with Gasteiger partial charge in [-0.1, -0.05) is 41.5 Å². The number of amides is 1. The third-order valence-electron chi connectivity index (χ3n) is 5.37. The van der Waals surface area contributed by atoms with Gasteiger partial charge in [0, 0.05) is 18.0 Å². The number of carbonyl (C=O) groups is 4. The lowest BCUT2D eigenvalue weighted by Gasteiger charge is -2.28. The van der Waals surface area contributed by atoms with Gasteiger partial charge in [-0.2, -0.15) is 0 Å². The zero-order valence-electron chi connectivity index (χ0n) is 20.0. The average Bonchev–Trinajstić information content (AvgIpc) is 3.14. The highest BCUT2D eigenvalue weighted by molar-refractivity contribution is 5.90. The number of carbonyl (C=O) groups excluding carboxylic acids is 4. The average molecular weight is 508 g/mol. The number of aliphatic hydroxyl groups is 1. The Hall–Kier alpha value is -4.51. The third kappa shape index (κ3) is 6.39. The van der Waals surface area contributed by atoms with Crippen LogP contribution in [0.1, 0.15) is 34.6 Å². The van der Waals surface area contributed by atoms with Crippen LogP contribution in [0, 0.1) is 0 Å². The normalized spacial score (nSPS) is 22.6. The summed E-state index contributed by atoms with van der Waals surface area (Å²) >= 11 is 0. The molecule has 12 nitrogen and oxygen atoms in total. The number of hydrogen-bond donors (Lipinski definition) is 1. The molecule has 2 aromatic rings. The molecule has 1 N–H and O–H groups in total. The van der Waals surface area contributed by atoms with E-state index in [9.17, 15) is 29.8 Å². The lowest BCUT2D eigenvalue weighted by atomic mass is 10.0. The van der Waals surface area contributed by atoms with Crippen molar-refractivity contribution in [3.63, 3.8) is 0 Å². The first-order valence-corrected chi connectivity index (χ1v) is 11.1. The first-order chi connectivity index (χ1) is 17.7. The molecule has 4 atom stereocenters. The molecule has 1 aliphatic rings. The van der Waals surface area contributed by atoms with Gasteiger partial charge in [0.05, 0.1) is 11.1 Å². The van der Waals surface area contributed by atoms with Crippen molar-refractivity contribution in [2.45, 2.75) is 38.0 Å². The van der Waals surface area contributed by atoms with E-state index in [4.69, 9.17) is 14.2 Å². The lowest BCUT2D eigenvalue weighted by Crippen LogP contribution is -2.48. The van der Waals surface area contributed by atoms with Crippen molar-refractivity contribution in [1.82, 2.24) is 4.90 Å². The summed E-state index contributed by atoms with van der Waals surface area (Å²) in [6, 6.07) is 15.7. The van der Waals surface area contributed by atoms with Gasteiger partial charge in [0.1, 0.15) is 12.7 Å². The molecule has 0 spiro atoms. The molecule has 1 fully saturated rings. The van der Waals surface area contributed by atoms with E-state index < -0.39 is 54.4 Å².